The summed E-state index contributed by atoms with van der Waals surface area (Å²) in [4.78, 5) is 17.7. The Morgan fingerprint density at radius 3 is 2.83 bits per heavy atom. The van der Waals surface area contributed by atoms with Gasteiger partial charge >= 0.3 is 6.03 Å². The number of amides is 2. The van der Waals surface area contributed by atoms with Crippen molar-refractivity contribution >= 4 is 23.4 Å². The molecule has 2 aromatic rings. The fourth-order valence-electron chi connectivity index (χ4n) is 4.69. The second-order valence-corrected chi connectivity index (χ2v) is 9.28. The van der Waals surface area contributed by atoms with Gasteiger partial charge in [0.25, 0.3) is 0 Å². The topological polar surface area (TPSA) is 61.4 Å². The van der Waals surface area contributed by atoms with Crippen LogP contribution in [0.2, 0.25) is 5.02 Å². The van der Waals surface area contributed by atoms with E-state index in [2.05, 4.69) is 37.4 Å². The molecule has 0 unspecified atom stereocenters. The van der Waals surface area contributed by atoms with Gasteiger partial charge in [0, 0.05) is 42.3 Å². The van der Waals surface area contributed by atoms with Gasteiger partial charge in [-0.25, -0.2) is 4.79 Å². The summed E-state index contributed by atoms with van der Waals surface area (Å²) in [5.74, 6) is 1.30. The number of piperidine rings is 1. The number of anilines is 1. The highest BCUT2D eigenvalue weighted by Crippen LogP contribution is 2.42. The van der Waals surface area contributed by atoms with Gasteiger partial charge < -0.3 is 15.1 Å². The van der Waals surface area contributed by atoms with Gasteiger partial charge in [-0.05, 0) is 68.4 Å². The van der Waals surface area contributed by atoms with Crippen molar-refractivity contribution in [3.8, 4) is 0 Å². The highest BCUT2D eigenvalue weighted by molar-refractivity contribution is 6.31. The molecule has 7 heteroatoms. The van der Waals surface area contributed by atoms with E-state index in [1.807, 2.05) is 25.1 Å². The Kier molecular flexibility index (Phi) is 5.27. The first-order valence-electron chi connectivity index (χ1n) is 11.0. The van der Waals surface area contributed by atoms with Crippen LogP contribution in [0.15, 0.2) is 36.5 Å². The minimum absolute atomic E-state index is 0.0988. The van der Waals surface area contributed by atoms with Crippen LogP contribution in [0.5, 0.6) is 0 Å². The van der Waals surface area contributed by atoms with Crippen LogP contribution in [0, 0.1) is 6.92 Å². The maximum absolute atomic E-state index is 13.3. The molecule has 6 nitrogen and oxygen atoms in total. The number of hydrogen-bond acceptors (Lipinski definition) is 4. The first-order chi connectivity index (χ1) is 14.6. The summed E-state index contributed by atoms with van der Waals surface area (Å²) >= 11 is 6.16. The van der Waals surface area contributed by atoms with Gasteiger partial charge in [0.15, 0.2) is 5.82 Å². The molecule has 158 valence electrons. The van der Waals surface area contributed by atoms with E-state index >= 15 is 0 Å². The molecule has 3 fully saturated rings. The van der Waals surface area contributed by atoms with Crippen molar-refractivity contribution < 1.29 is 4.79 Å². The average molecular weight is 426 g/mol. The summed E-state index contributed by atoms with van der Waals surface area (Å²) < 4.78 is 0. The van der Waals surface area contributed by atoms with E-state index < -0.39 is 0 Å². The SMILES string of the molecule is Cc1cc([C@@H]2C[C@H]2NC(=O)N(C2CC2)[C@@H]2CCCN(c3cccnn3)C2)ccc1Cl. The number of aromatic nitrogens is 2. The zero-order valence-electron chi connectivity index (χ0n) is 17.3. The first kappa shape index (κ1) is 19.6. The molecule has 1 N–H and O–H groups in total. The summed E-state index contributed by atoms with van der Waals surface area (Å²) in [7, 11) is 0. The minimum atomic E-state index is 0.0988. The third-order valence-corrected chi connectivity index (χ3v) is 6.98. The molecule has 1 aromatic carbocycles. The summed E-state index contributed by atoms with van der Waals surface area (Å²) in [6.07, 6.45) is 7.03. The molecule has 2 amide bonds. The number of urea groups is 1. The van der Waals surface area contributed by atoms with Crippen LogP contribution in [0.25, 0.3) is 0 Å². The Morgan fingerprint density at radius 2 is 2.10 bits per heavy atom. The van der Waals surface area contributed by atoms with Gasteiger partial charge in [-0.15, -0.1) is 5.10 Å². The number of hydrogen-bond donors (Lipinski definition) is 1. The van der Waals surface area contributed by atoms with Crippen LogP contribution in [0.3, 0.4) is 0 Å². The van der Waals surface area contributed by atoms with Crippen LogP contribution < -0.4 is 10.2 Å². The van der Waals surface area contributed by atoms with Gasteiger partial charge in [-0.3, -0.25) is 0 Å². The lowest BCUT2D eigenvalue weighted by atomic mass is 10.0. The summed E-state index contributed by atoms with van der Waals surface area (Å²) in [5.41, 5.74) is 2.36. The lowest BCUT2D eigenvalue weighted by Gasteiger charge is -2.40. The van der Waals surface area contributed by atoms with Crippen molar-refractivity contribution in [3.05, 3.63) is 52.7 Å². The molecule has 5 rings (SSSR count). The van der Waals surface area contributed by atoms with Crippen LogP contribution >= 0.6 is 11.6 Å². The average Bonchev–Trinajstić information content (AvgIpc) is 3.68. The number of rotatable bonds is 5. The van der Waals surface area contributed by atoms with Gasteiger partial charge in [0.2, 0.25) is 0 Å². The molecule has 0 radical (unpaired) electrons. The Morgan fingerprint density at radius 1 is 1.23 bits per heavy atom. The standard InChI is InChI=1S/C23H28ClN5O/c1-15-12-16(6-9-20(15)24)19-13-21(19)26-23(30)29(17-7-8-17)18-4-3-11-28(14-18)22-5-2-10-25-27-22/h2,5-6,9-10,12,17-19,21H,3-4,7-8,11,13-14H2,1H3,(H,26,30)/t18-,19+,21-/m1/s1. The van der Waals surface area contributed by atoms with E-state index in [4.69, 9.17) is 11.6 Å². The van der Waals surface area contributed by atoms with Gasteiger partial charge in [-0.1, -0.05) is 23.7 Å². The molecular formula is C23H28ClN5O. The van der Waals surface area contributed by atoms with Gasteiger partial charge in [-0.2, -0.15) is 5.10 Å². The Bertz CT molecular complexity index is 919. The number of nitrogens with zero attached hydrogens (tertiary/aromatic N) is 4. The summed E-state index contributed by atoms with van der Waals surface area (Å²) in [6.45, 7) is 3.82. The van der Waals surface area contributed by atoms with E-state index in [0.717, 1.165) is 61.6 Å². The molecule has 2 saturated carbocycles. The normalized spacial score (nSPS) is 25.7. The maximum Gasteiger partial charge on any atom is 0.318 e. The molecular weight excluding hydrogens is 398 g/mol. The minimum Gasteiger partial charge on any atom is -0.353 e. The molecule has 30 heavy (non-hydrogen) atoms. The van der Waals surface area contributed by atoms with E-state index in [0.29, 0.717) is 12.0 Å². The molecule has 0 spiro atoms. The zero-order valence-corrected chi connectivity index (χ0v) is 18.1. The summed E-state index contributed by atoms with van der Waals surface area (Å²) in [5, 5.41) is 12.4. The number of carbonyl (C=O) groups is 1. The fraction of sp³-hybridized carbons (Fsp3) is 0.522. The van der Waals surface area contributed by atoms with Crippen molar-refractivity contribution in [3.63, 3.8) is 0 Å². The Labute approximate surface area is 182 Å². The van der Waals surface area contributed by atoms with Crippen LogP contribution in [0.4, 0.5) is 10.6 Å². The third kappa shape index (κ3) is 4.10. The predicted octanol–water partition coefficient (Wildman–Crippen LogP) is 4.14. The molecule has 2 heterocycles. The summed E-state index contributed by atoms with van der Waals surface area (Å²) in [6, 6.07) is 11.0. The van der Waals surface area contributed by atoms with E-state index in [-0.39, 0.29) is 18.1 Å². The monoisotopic (exact) mass is 425 g/mol. The van der Waals surface area contributed by atoms with Crippen molar-refractivity contribution in [2.24, 2.45) is 0 Å². The van der Waals surface area contributed by atoms with E-state index in [1.165, 1.54) is 5.56 Å². The second-order valence-electron chi connectivity index (χ2n) is 8.87. The van der Waals surface area contributed by atoms with Crippen molar-refractivity contribution in [1.82, 2.24) is 20.4 Å². The molecule has 2 aliphatic carbocycles. The number of benzene rings is 1. The van der Waals surface area contributed by atoms with E-state index in [1.54, 1.807) is 6.20 Å². The van der Waals surface area contributed by atoms with Gasteiger partial charge in [0.05, 0.1) is 6.04 Å². The lowest BCUT2D eigenvalue weighted by molar-refractivity contribution is 0.160. The highest BCUT2D eigenvalue weighted by atomic mass is 35.5. The number of nitrogens with one attached hydrogen (secondary N) is 1. The predicted molar refractivity (Wildman–Crippen MR) is 118 cm³/mol. The Hall–Kier alpha value is -2.34. The number of aryl methyl sites for hydroxylation is 1. The first-order valence-corrected chi connectivity index (χ1v) is 11.4. The van der Waals surface area contributed by atoms with Crippen LogP contribution in [0.1, 0.15) is 49.1 Å². The maximum atomic E-state index is 13.3. The van der Waals surface area contributed by atoms with Crippen molar-refractivity contribution in [1.29, 1.82) is 0 Å². The van der Waals surface area contributed by atoms with Gasteiger partial charge in [0.1, 0.15) is 0 Å². The molecule has 0 bridgehead atoms. The lowest BCUT2D eigenvalue weighted by Crippen LogP contribution is -2.54. The second kappa shape index (κ2) is 8.06. The quantitative estimate of drug-likeness (QED) is 0.782. The number of carbonyl (C=O) groups excluding carboxylic acids is 1. The smallest absolute Gasteiger partial charge is 0.318 e. The molecule has 3 atom stereocenters. The van der Waals surface area contributed by atoms with E-state index in [9.17, 15) is 4.79 Å². The highest BCUT2D eigenvalue weighted by Gasteiger charge is 2.44. The molecule has 1 aliphatic heterocycles. The zero-order chi connectivity index (χ0) is 20.7. The molecule has 1 saturated heterocycles. The Balaban J connectivity index is 1.24. The van der Waals surface area contributed by atoms with Crippen LogP contribution in [-0.4, -0.2) is 52.3 Å². The largest absolute Gasteiger partial charge is 0.353 e. The fourth-order valence-corrected chi connectivity index (χ4v) is 4.81. The van der Waals surface area contributed by atoms with Crippen LogP contribution in [-0.2, 0) is 0 Å². The molecule has 1 aromatic heterocycles. The van der Waals surface area contributed by atoms with Crippen molar-refractivity contribution in [2.45, 2.75) is 63.1 Å². The third-order valence-electron chi connectivity index (χ3n) is 6.56. The number of halogens is 1. The van der Waals surface area contributed by atoms with Crippen molar-refractivity contribution in [2.75, 3.05) is 18.0 Å². The molecule has 3 aliphatic rings.